The molecule has 1 heteroatoms. The second kappa shape index (κ2) is 2.72. The van der Waals surface area contributed by atoms with Crippen LogP contribution in [0.5, 0.6) is 0 Å². The minimum Gasteiger partial charge on any atom is -0.354 e. The zero-order chi connectivity index (χ0) is 6.69. The summed E-state index contributed by atoms with van der Waals surface area (Å²) in [6.45, 7) is 5.39. The summed E-state index contributed by atoms with van der Waals surface area (Å²) in [4.78, 5) is 2.22. The van der Waals surface area contributed by atoms with E-state index in [1.807, 2.05) is 0 Å². The molecule has 0 aromatic heterocycles. The Morgan fingerprint density at radius 2 is 2.33 bits per heavy atom. The van der Waals surface area contributed by atoms with Gasteiger partial charge < -0.3 is 4.90 Å². The molecular weight excluding hydrogens is 110 g/mol. The van der Waals surface area contributed by atoms with Crippen LogP contribution in [0.1, 0.15) is 20.3 Å². The molecule has 0 saturated heterocycles. The molecule has 0 saturated carbocycles. The fourth-order valence-electron chi connectivity index (χ4n) is 0.947. The van der Waals surface area contributed by atoms with E-state index >= 15 is 0 Å². The smallest absolute Gasteiger partial charge is 0.0254 e. The molecule has 0 spiro atoms. The van der Waals surface area contributed by atoms with E-state index < -0.39 is 0 Å². The van der Waals surface area contributed by atoms with Crippen LogP contribution in [0, 0.1) is 0 Å². The molecule has 50 valence electrons. The van der Waals surface area contributed by atoms with E-state index in [-0.39, 0.29) is 0 Å². The monoisotopic (exact) mass is 123 g/mol. The largest absolute Gasteiger partial charge is 0.354 e. The average Bonchev–Trinajstić information content (AvgIpc) is 2.15. The van der Waals surface area contributed by atoms with Crippen LogP contribution in [0.25, 0.3) is 0 Å². The predicted molar refractivity (Wildman–Crippen MR) is 39.9 cm³/mol. The Labute approximate surface area is 56.7 Å². The third-order valence-electron chi connectivity index (χ3n) is 1.27. The van der Waals surface area contributed by atoms with Gasteiger partial charge in [-0.2, -0.15) is 0 Å². The summed E-state index contributed by atoms with van der Waals surface area (Å²) in [6, 6.07) is 0. The lowest BCUT2D eigenvalue weighted by molar-refractivity contribution is 0.544. The van der Waals surface area contributed by atoms with E-state index in [1.54, 1.807) is 0 Å². The van der Waals surface area contributed by atoms with E-state index in [2.05, 4.69) is 37.2 Å². The summed E-state index contributed by atoms with van der Waals surface area (Å²) in [5, 5.41) is 0. The molecule has 0 atom stereocenters. The van der Waals surface area contributed by atoms with Gasteiger partial charge in [-0.05, 0) is 26.5 Å². The number of hydrogen-bond acceptors (Lipinski definition) is 1. The summed E-state index contributed by atoms with van der Waals surface area (Å²) in [5.41, 5.74) is 1.36. The zero-order valence-corrected chi connectivity index (χ0v) is 6.09. The SMILES string of the molecule is CC(C)=CN1C=CCC1. The van der Waals surface area contributed by atoms with E-state index in [4.69, 9.17) is 0 Å². The molecule has 0 aromatic carbocycles. The van der Waals surface area contributed by atoms with Crippen molar-refractivity contribution in [2.45, 2.75) is 20.3 Å². The fourth-order valence-corrected chi connectivity index (χ4v) is 0.947. The van der Waals surface area contributed by atoms with Gasteiger partial charge in [0.25, 0.3) is 0 Å². The predicted octanol–water partition coefficient (Wildman–Crippen LogP) is 2.13. The lowest BCUT2D eigenvalue weighted by Crippen LogP contribution is -2.05. The number of allylic oxidation sites excluding steroid dienone is 1. The second-order valence-electron chi connectivity index (χ2n) is 2.62. The maximum absolute atomic E-state index is 2.22. The lowest BCUT2D eigenvalue weighted by Gasteiger charge is -2.08. The van der Waals surface area contributed by atoms with Crippen LogP contribution in [0.15, 0.2) is 24.0 Å². The van der Waals surface area contributed by atoms with Crippen LogP contribution in [0.4, 0.5) is 0 Å². The van der Waals surface area contributed by atoms with Crippen molar-refractivity contribution < 1.29 is 0 Å². The maximum Gasteiger partial charge on any atom is 0.0254 e. The van der Waals surface area contributed by atoms with Crippen LogP contribution in [0.2, 0.25) is 0 Å². The van der Waals surface area contributed by atoms with Crippen LogP contribution in [-0.4, -0.2) is 11.4 Å². The van der Waals surface area contributed by atoms with E-state index in [9.17, 15) is 0 Å². The second-order valence-corrected chi connectivity index (χ2v) is 2.62. The Morgan fingerprint density at radius 3 is 2.78 bits per heavy atom. The summed E-state index contributed by atoms with van der Waals surface area (Å²) in [7, 11) is 0. The topological polar surface area (TPSA) is 3.24 Å². The van der Waals surface area contributed by atoms with Crippen molar-refractivity contribution in [3.63, 3.8) is 0 Å². The molecule has 0 aliphatic carbocycles. The first-order chi connectivity index (χ1) is 4.29. The third-order valence-corrected chi connectivity index (χ3v) is 1.27. The molecule has 1 nitrogen and oxygen atoms in total. The highest BCUT2D eigenvalue weighted by molar-refractivity contribution is 5.02. The molecule has 0 aromatic rings. The zero-order valence-electron chi connectivity index (χ0n) is 6.09. The Balaban J connectivity index is 2.45. The van der Waals surface area contributed by atoms with Crippen LogP contribution in [0.3, 0.4) is 0 Å². The van der Waals surface area contributed by atoms with Gasteiger partial charge in [0.2, 0.25) is 0 Å². The summed E-state index contributed by atoms with van der Waals surface area (Å²) < 4.78 is 0. The Morgan fingerprint density at radius 1 is 1.56 bits per heavy atom. The van der Waals surface area contributed by atoms with Gasteiger partial charge in [0.15, 0.2) is 0 Å². The maximum atomic E-state index is 2.22. The van der Waals surface area contributed by atoms with Gasteiger partial charge in [-0.3, -0.25) is 0 Å². The van der Waals surface area contributed by atoms with E-state index in [1.165, 1.54) is 12.0 Å². The van der Waals surface area contributed by atoms with Crippen molar-refractivity contribution in [1.29, 1.82) is 0 Å². The van der Waals surface area contributed by atoms with Gasteiger partial charge in [-0.15, -0.1) is 0 Å². The first-order valence-electron chi connectivity index (χ1n) is 3.36. The molecule has 0 unspecified atom stereocenters. The van der Waals surface area contributed by atoms with Gasteiger partial charge in [0.05, 0.1) is 0 Å². The van der Waals surface area contributed by atoms with Gasteiger partial charge in [0.1, 0.15) is 0 Å². The van der Waals surface area contributed by atoms with Crippen molar-refractivity contribution >= 4 is 0 Å². The number of hydrogen-bond donors (Lipinski definition) is 0. The molecule has 0 amide bonds. The summed E-state index contributed by atoms with van der Waals surface area (Å²) in [6.07, 6.45) is 7.69. The van der Waals surface area contributed by atoms with Gasteiger partial charge >= 0.3 is 0 Å². The molecule has 0 bridgehead atoms. The third kappa shape index (κ3) is 1.92. The van der Waals surface area contributed by atoms with Crippen LogP contribution in [-0.2, 0) is 0 Å². The van der Waals surface area contributed by atoms with Crippen molar-refractivity contribution in [2.75, 3.05) is 6.54 Å². The quantitative estimate of drug-likeness (QED) is 0.516. The van der Waals surface area contributed by atoms with Crippen molar-refractivity contribution in [1.82, 2.24) is 4.90 Å². The molecule has 0 fully saturated rings. The molecule has 9 heavy (non-hydrogen) atoms. The van der Waals surface area contributed by atoms with Crippen LogP contribution >= 0.6 is 0 Å². The first kappa shape index (κ1) is 6.40. The molecule has 1 aliphatic rings. The summed E-state index contributed by atoms with van der Waals surface area (Å²) >= 11 is 0. The standard InChI is InChI=1S/C8H13N/c1-8(2)7-9-5-3-4-6-9/h3,5,7H,4,6H2,1-2H3. The highest BCUT2D eigenvalue weighted by atomic mass is 15.1. The first-order valence-corrected chi connectivity index (χ1v) is 3.36. The van der Waals surface area contributed by atoms with Gasteiger partial charge in [0, 0.05) is 12.7 Å². The highest BCUT2D eigenvalue weighted by Gasteiger charge is 1.98. The van der Waals surface area contributed by atoms with E-state index in [0.717, 1.165) is 6.54 Å². The molecule has 1 rings (SSSR count). The van der Waals surface area contributed by atoms with Gasteiger partial charge in [-0.1, -0.05) is 11.6 Å². The number of rotatable bonds is 1. The Bertz CT molecular complexity index is 141. The molecule has 0 radical (unpaired) electrons. The minimum absolute atomic E-state index is 1.16. The normalized spacial score (nSPS) is 16.4. The molecule has 1 heterocycles. The van der Waals surface area contributed by atoms with Crippen molar-refractivity contribution in [2.24, 2.45) is 0 Å². The molecule has 0 N–H and O–H groups in total. The molecule has 1 aliphatic heterocycles. The average molecular weight is 123 g/mol. The lowest BCUT2D eigenvalue weighted by atomic mass is 10.4. The fraction of sp³-hybridized carbons (Fsp3) is 0.500. The number of nitrogens with zero attached hydrogens (tertiary/aromatic N) is 1. The summed E-state index contributed by atoms with van der Waals surface area (Å²) in [5.74, 6) is 0. The Hall–Kier alpha value is -0.720. The van der Waals surface area contributed by atoms with Crippen molar-refractivity contribution in [3.8, 4) is 0 Å². The van der Waals surface area contributed by atoms with Crippen molar-refractivity contribution in [3.05, 3.63) is 24.0 Å². The highest BCUT2D eigenvalue weighted by Crippen LogP contribution is 2.05. The molecular formula is C8H13N. The van der Waals surface area contributed by atoms with E-state index in [0.29, 0.717) is 0 Å². The van der Waals surface area contributed by atoms with Crippen LogP contribution < -0.4 is 0 Å². The minimum atomic E-state index is 1.16. The Kier molecular flexibility index (Phi) is 1.93. The van der Waals surface area contributed by atoms with Gasteiger partial charge in [-0.25, -0.2) is 0 Å².